The number of methoxy groups -OCH3 is 1. The van der Waals surface area contributed by atoms with Crippen molar-refractivity contribution in [3.8, 4) is 0 Å². The van der Waals surface area contributed by atoms with E-state index in [1.54, 1.807) is 7.11 Å². The summed E-state index contributed by atoms with van der Waals surface area (Å²) in [4.78, 5) is 1.31. The van der Waals surface area contributed by atoms with Crippen LogP contribution in [0.5, 0.6) is 0 Å². The molecule has 0 heterocycles. The molecule has 0 unspecified atom stereocenters. The Hall–Kier alpha value is -0.730. The van der Waals surface area contributed by atoms with Crippen molar-refractivity contribution in [2.24, 2.45) is 0 Å². The van der Waals surface area contributed by atoms with Crippen molar-refractivity contribution < 1.29 is 4.74 Å². The van der Waals surface area contributed by atoms with E-state index in [1.165, 1.54) is 4.90 Å². The van der Waals surface area contributed by atoms with Gasteiger partial charge in [0, 0.05) is 12.0 Å². The van der Waals surface area contributed by atoms with Crippen LogP contribution in [0.3, 0.4) is 0 Å². The molecule has 0 fully saturated rings. The van der Waals surface area contributed by atoms with E-state index in [4.69, 9.17) is 4.74 Å². The lowest BCUT2D eigenvalue weighted by Gasteiger charge is -2.05. The zero-order chi connectivity index (χ0) is 10.4. The number of rotatable bonds is 5. The highest BCUT2D eigenvalue weighted by molar-refractivity contribution is 7.99. The molecule has 1 aromatic rings. The summed E-state index contributed by atoms with van der Waals surface area (Å²) in [6.07, 6.45) is 0. The van der Waals surface area contributed by atoms with Crippen LogP contribution >= 0.6 is 11.8 Å². The Labute approximate surface area is 90.2 Å². The first-order valence-electron chi connectivity index (χ1n) is 4.68. The van der Waals surface area contributed by atoms with Crippen LogP contribution < -0.4 is 0 Å². The number of benzene rings is 1. The number of hydrogen-bond donors (Lipinski definition) is 0. The lowest BCUT2D eigenvalue weighted by atomic mass is 10.1. The van der Waals surface area contributed by atoms with Crippen molar-refractivity contribution >= 4 is 17.3 Å². The maximum Gasteiger partial charge on any atom is 0.0713 e. The first-order chi connectivity index (χ1) is 6.77. The summed E-state index contributed by atoms with van der Waals surface area (Å²) in [5, 5.41) is 0. The molecule has 0 bridgehead atoms. The van der Waals surface area contributed by atoms with Gasteiger partial charge in [0.1, 0.15) is 0 Å². The van der Waals surface area contributed by atoms with E-state index in [-0.39, 0.29) is 0 Å². The molecule has 1 nitrogen and oxygen atoms in total. The largest absolute Gasteiger partial charge is 0.380 e. The lowest BCUT2D eigenvalue weighted by molar-refractivity contribution is 0.240. The predicted octanol–water partition coefficient (Wildman–Crippen LogP) is 3.46. The first-order valence-corrected chi connectivity index (χ1v) is 5.66. The average Bonchev–Trinajstić information content (AvgIpc) is 2.20. The SMILES string of the molecule is C=C(COC)c1ccc(SCC)cc1. The molecule has 0 atom stereocenters. The van der Waals surface area contributed by atoms with Crippen molar-refractivity contribution in [3.63, 3.8) is 0 Å². The van der Waals surface area contributed by atoms with Crippen LogP contribution in [0, 0.1) is 0 Å². The molecule has 1 rings (SSSR count). The Morgan fingerprint density at radius 1 is 1.36 bits per heavy atom. The van der Waals surface area contributed by atoms with E-state index in [1.807, 2.05) is 11.8 Å². The third kappa shape index (κ3) is 3.20. The molecule has 0 aliphatic heterocycles. The molecular weight excluding hydrogens is 192 g/mol. The van der Waals surface area contributed by atoms with Crippen molar-refractivity contribution in [1.29, 1.82) is 0 Å². The second kappa shape index (κ2) is 5.89. The third-order valence-corrected chi connectivity index (χ3v) is 2.79. The van der Waals surface area contributed by atoms with Gasteiger partial charge in [-0.2, -0.15) is 0 Å². The van der Waals surface area contributed by atoms with Crippen molar-refractivity contribution in [2.45, 2.75) is 11.8 Å². The summed E-state index contributed by atoms with van der Waals surface area (Å²) >= 11 is 1.85. The highest BCUT2D eigenvalue weighted by Crippen LogP contribution is 2.20. The molecule has 0 saturated carbocycles. The minimum atomic E-state index is 0.597. The maximum atomic E-state index is 5.03. The Kier molecular flexibility index (Phi) is 4.77. The molecule has 0 spiro atoms. The zero-order valence-electron chi connectivity index (χ0n) is 8.75. The normalized spacial score (nSPS) is 10.1. The van der Waals surface area contributed by atoms with E-state index in [2.05, 4.69) is 37.8 Å². The predicted molar refractivity (Wildman–Crippen MR) is 63.8 cm³/mol. The Balaban J connectivity index is 2.67. The van der Waals surface area contributed by atoms with Crippen LogP contribution in [-0.2, 0) is 4.74 Å². The summed E-state index contributed by atoms with van der Waals surface area (Å²) in [5.74, 6) is 1.11. The molecule has 14 heavy (non-hydrogen) atoms. The van der Waals surface area contributed by atoms with E-state index in [0.717, 1.165) is 16.9 Å². The molecule has 0 aliphatic carbocycles. The van der Waals surface area contributed by atoms with Crippen molar-refractivity contribution in [2.75, 3.05) is 19.5 Å². The molecule has 0 aliphatic rings. The fourth-order valence-corrected chi connectivity index (χ4v) is 1.87. The van der Waals surface area contributed by atoms with Gasteiger partial charge in [0.25, 0.3) is 0 Å². The van der Waals surface area contributed by atoms with Gasteiger partial charge in [0.15, 0.2) is 0 Å². The standard InChI is InChI=1S/C12H16OS/c1-4-14-12-7-5-11(6-8-12)10(2)9-13-3/h5-8H,2,4,9H2,1,3H3. The number of thioether (sulfide) groups is 1. The quantitative estimate of drug-likeness (QED) is 0.685. The van der Waals surface area contributed by atoms with Gasteiger partial charge in [0.2, 0.25) is 0 Å². The fraction of sp³-hybridized carbons (Fsp3) is 0.333. The van der Waals surface area contributed by atoms with Gasteiger partial charge in [-0.05, 0) is 29.0 Å². The summed E-state index contributed by atoms with van der Waals surface area (Å²) in [6, 6.07) is 8.45. The maximum absolute atomic E-state index is 5.03. The number of ether oxygens (including phenoxy) is 1. The smallest absolute Gasteiger partial charge is 0.0713 e. The van der Waals surface area contributed by atoms with Gasteiger partial charge < -0.3 is 4.74 Å². The molecule has 76 valence electrons. The van der Waals surface area contributed by atoms with Crippen LogP contribution in [0.4, 0.5) is 0 Å². The van der Waals surface area contributed by atoms with E-state index in [9.17, 15) is 0 Å². The second-order valence-corrected chi connectivity index (χ2v) is 4.33. The molecule has 0 saturated heterocycles. The molecule has 2 heteroatoms. The van der Waals surface area contributed by atoms with Gasteiger partial charge in [-0.1, -0.05) is 25.6 Å². The topological polar surface area (TPSA) is 9.23 Å². The monoisotopic (exact) mass is 208 g/mol. The zero-order valence-corrected chi connectivity index (χ0v) is 9.56. The number of hydrogen-bond acceptors (Lipinski definition) is 2. The van der Waals surface area contributed by atoms with Crippen LogP contribution in [0.1, 0.15) is 12.5 Å². The second-order valence-electron chi connectivity index (χ2n) is 2.99. The van der Waals surface area contributed by atoms with Crippen LogP contribution in [0.2, 0.25) is 0 Å². The van der Waals surface area contributed by atoms with Gasteiger partial charge >= 0.3 is 0 Å². The third-order valence-electron chi connectivity index (χ3n) is 1.89. The molecule has 0 amide bonds. The van der Waals surface area contributed by atoms with Crippen LogP contribution in [0.15, 0.2) is 35.7 Å². The summed E-state index contributed by atoms with van der Waals surface area (Å²) in [5.41, 5.74) is 2.19. The highest BCUT2D eigenvalue weighted by Gasteiger charge is 1.98. The van der Waals surface area contributed by atoms with Gasteiger partial charge in [-0.15, -0.1) is 11.8 Å². The molecular formula is C12H16OS. The Morgan fingerprint density at radius 3 is 2.50 bits per heavy atom. The Morgan fingerprint density at radius 2 is 2.00 bits per heavy atom. The molecule has 1 aromatic carbocycles. The van der Waals surface area contributed by atoms with Crippen molar-refractivity contribution in [1.82, 2.24) is 0 Å². The summed E-state index contributed by atoms with van der Waals surface area (Å²) in [7, 11) is 1.69. The molecule has 0 aromatic heterocycles. The average molecular weight is 208 g/mol. The van der Waals surface area contributed by atoms with Crippen molar-refractivity contribution in [3.05, 3.63) is 36.4 Å². The molecule has 0 radical (unpaired) electrons. The van der Waals surface area contributed by atoms with Gasteiger partial charge in [0.05, 0.1) is 6.61 Å². The van der Waals surface area contributed by atoms with Crippen LogP contribution in [0.25, 0.3) is 5.57 Å². The highest BCUT2D eigenvalue weighted by atomic mass is 32.2. The first kappa shape index (κ1) is 11.3. The van der Waals surface area contributed by atoms with Gasteiger partial charge in [-0.3, -0.25) is 0 Å². The minimum absolute atomic E-state index is 0.597. The Bertz CT molecular complexity index is 290. The van der Waals surface area contributed by atoms with Crippen LogP contribution in [-0.4, -0.2) is 19.5 Å². The van der Waals surface area contributed by atoms with E-state index < -0.39 is 0 Å². The van der Waals surface area contributed by atoms with E-state index in [0.29, 0.717) is 6.61 Å². The lowest BCUT2D eigenvalue weighted by Crippen LogP contribution is -1.91. The minimum Gasteiger partial charge on any atom is -0.380 e. The molecule has 0 N–H and O–H groups in total. The fourth-order valence-electron chi connectivity index (χ4n) is 1.21. The summed E-state index contributed by atoms with van der Waals surface area (Å²) in [6.45, 7) is 6.71. The van der Waals surface area contributed by atoms with Gasteiger partial charge in [-0.25, -0.2) is 0 Å². The van der Waals surface area contributed by atoms with E-state index >= 15 is 0 Å². The summed E-state index contributed by atoms with van der Waals surface area (Å²) < 4.78 is 5.03.